The molecule has 0 aliphatic heterocycles. The zero-order valence-corrected chi connectivity index (χ0v) is 25.8. The maximum Gasteiger partial charge on any atom is 0.311 e. The summed E-state index contributed by atoms with van der Waals surface area (Å²) in [6.45, 7) is 4.41. The Labute approximate surface area is 253 Å². The Hall–Kier alpha value is -3.47. The highest BCUT2D eigenvalue weighted by Gasteiger charge is 2.07. The molecule has 2 rings (SSSR count). The molecule has 2 aromatic rings. The SMILES string of the molecule is CCCCCCCCCC(=O)Oc1cccc(/C=C/C(=O)/C=C/c2cccc(OC(=O)CCCCCCCCC)c2)c1. The van der Waals surface area contributed by atoms with E-state index in [1.807, 2.05) is 12.1 Å². The Morgan fingerprint density at radius 2 is 0.929 bits per heavy atom. The third-order valence-electron chi connectivity index (χ3n) is 7.03. The minimum atomic E-state index is -0.227. The lowest BCUT2D eigenvalue weighted by Gasteiger charge is -2.05. The Morgan fingerprint density at radius 1 is 0.548 bits per heavy atom. The quantitative estimate of drug-likeness (QED) is 0.0605. The first kappa shape index (κ1) is 34.7. The first-order valence-electron chi connectivity index (χ1n) is 16.0. The summed E-state index contributed by atoms with van der Waals surface area (Å²) < 4.78 is 11.0. The molecule has 0 aromatic heterocycles. The molecule has 0 aliphatic carbocycles. The van der Waals surface area contributed by atoms with Crippen LogP contribution in [0.15, 0.2) is 60.7 Å². The average molecular weight is 575 g/mol. The summed E-state index contributed by atoms with van der Waals surface area (Å²) >= 11 is 0. The molecule has 228 valence electrons. The third-order valence-corrected chi connectivity index (χ3v) is 7.03. The highest BCUT2D eigenvalue weighted by molar-refractivity contribution is 6.04. The lowest BCUT2D eigenvalue weighted by molar-refractivity contribution is -0.135. The Bertz CT molecular complexity index is 1040. The van der Waals surface area contributed by atoms with Crippen molar-refractivity contribution in [3.8, 4) is 11.5 Å². The van der Waals surface area contributed by atoms with Gasteiger partial charge in [0.1, 0.15) is 11.5 Å². The number of hydrogen-bond donors (Lipinski definition) is 0. The van der Waals surface area contributed by atoms with Gasteiger partial charge in [0, 0.05) is 12.8 Å². The van der Waals surface area contributed by atoms with E-state index in [0.717, 1.165) is 49.7 Å². The largest absolute Gasteiger partial charge is 0.427 e. The van der Waals surface area contributed by atoms with Gasteiger partial charge in [-0.05, 0) is 60.4 Å². The minimum Gasteiger partial charge on any atom is -0.427 e. The van der Waals surface area contributed by atoms with E-state index in [1.54, 1.807) is 48.6 Å². The van der Waals surface area contributed by atoms with Crippen molar-refractivity contribution in [2.75, 3.05) is 0 Å². The Morgan fingerprint density at radius 3 is 1.33 bits per heavy atom. The Balaban J connectivity index is 1.75. The zero-order valence-electron chi connectivity index (χ0n) is 25.8. The molecule has 0 unspecified atom stereocenters. The van der Waals surface area contributed by atoms with Crippen molar-refractivity contribution < 1.29 is 23.9 Å². The normalized spacial score (nSPS) is 11.3. The smallest absolute Gasteiger partial charge is 0.311 e. The van der Waals surface area contributed by atoms with Crippen LogP contribution in [0, 0.1) is 0 Å². The van der Waals surface area contributed by atoms with Crippen molar-refractivity contribution in [2.24, 2.45) is 0 Å². The predicted octanol–water partition coefficient (Wildman–Crippen LogP) is 10.1. The molecular weight excluding hydrogens is 524 g/mol. The van der Waals surface area contributed by atoms with Crippen LogP contribution in [0.2, 0.25) is 0 Å². The van der Waals surface area contributed by atoms with E-state index in [9.17, 15) is 14.4 Å². The van der Waals surface area contributed by atoms with Gasteiger partial charge in [0.05, 0.1) is 0 Å². The van der Waals surface area contributed by atoms with E-state index in [1.165, 1.54) is 63.5 Å². The fraction of sp³-hybridized carbons (Fsp3) is 0.486. The number of ether oxygens (including phenoxy) is 2. The first-order chi connectivity index (χ1) is 20.5. The van der Waals surface area contributed by atoms with Crippen molar-refractivity contribution >= 4 is 29.9 Å². The number of benzene rings is 2. The predicted molar refractivity (Wildman–Crippen MR) is 172 cm³/mol. The van der Waals surface area contributed by atoms with Crippen molar-refractivity contribution in [3.05, 3.63) is 71.8 Å². The van der Waals surface area contributed by atoms with Crippen LogP contribution in [0.4, 0.5) is 0 Å². The van der Waals surface area contributed by atoms with E-state index in [-0.39, 0.29) is 17.7 Å². The second kappa shape index (κ2) is 22.2. The topological polar surface area (TPSA) is 69.7 Å². The second-order valence-electron chi connectivity index (χ2n) is 10.9. The first-order valence-corrected chi connectivity index (χ1v) is 16.0. The van der Waals surface area contributed by atoms with Crippen LogP contribution >= 0.6 is 0 Å². The molecule has 0 N–H and O–H groups in total. The van der Waals surface area contributed by atoms with Gasteiger partial charge in [-0.25, -0.2) is 0 Å². The van der Waals surface area contributed by atoms with Crippen LogP contribution in [0.5, 0.6) is 11.5 Å². The van der Waals surface area contributed by atoms with Gasteiger partial charge in [0.2, 0.25) is 0 Å². The van der Waals surface area contributed by atoms with Crippen LogP contribution in [0.25, 0.3) is 12.2 Å². The maximum absolute atomic E-state index is 12.4. The van der Waals surface area contributed by atoms with Crippen molar-refractivity contribution in [1.82, 2.24) is 0 Å². The van der Waals surface area contributed by atoms with Gasteiger partial charge in [-0.1, -0.05) is 127 Å². The molecule has 5 nitrogen and oxygen atoms in total. The van der Waals surface area contributed by atoms with Crippen LogP contribution in [0.1, 0.15) is 128 Å². The maximum atomic E-state index is 12.4. The summed E-state index contributed by atoms with van der Waals surface area (Å²) in [7, 11) is 0. The molecule has 42 heavy (non-hydrogen) atoms. The number of carbonyl (C=O) groups is 3. The molecule has 0 aliphatic rings. The van der Waals surface area contributed by atoms with Crippen LogP contribution in [-0.2, 0) is 14.4 Å². The Kier molecular flexibility index (Phi) is 18.3. The summed E-state index contributed by atoms with van der Waals surface area (Å²) in [6, 6.07) is 14.3. The van der Waals surface area contributed by atoms with Gasteiger partial charge in [-0.15, -0.1) is 0 Å². The van der Waals surface area contributed by atoms with E-state index >= 15 is 0 Å². The van der Waals surface area contributed by atoms with Gasteiger partial charge in [0.25, 0.3) is 0 Å². The molecule has 0 atom stereocenters. The third kappa shape index (κ3) is 16.7. The summed E-state index contributed by atoms with van der Waals surface area (Å²) in [6.07, 6.45) is 23.3. The highest BCUT2D eigenvalue weighted by Crippen LogP contribution is 2.18. The van der Waals surface area contributed by atoms with E-state index in [2.05, 4.69) is 13.8 Å². The molecule has 0 fully saturated rings. The van der Waals surface area contributed by atoms with Crippen LogP contribution < -0.4 is 9.47 Å². The fourth-order valence-corrected chi connectivity index (χ4v) is 4.59. The molecule has 5 heteroatoms. The van der Waals surface area contributed by atoms with Crippen LogP contribution in [-0.4, -0.2) is 17.7 Å². The number of unbranched alkanes of at least 4 members (excludes halogenated alkanes) is 12. The van der Waals surface area contributed by atoms with Crippen molar-refractivity contribution in [3.63, 3.8) is 0 Å². The number of esters is 2. The van der Waals surface area contributed by atoms with Crippen LogP contribution in [0.3, 0.4) is 0 Å². The summed E-state index contributed by atoms with van der Waals surface area (Å²) in [5.41, 5.74) is 1.54. The van der Waals surface area contributed by atoms with Gasteiger partial charge >= 0.3 is 11.9 Å². The number of hydrogen-bond acceptors (Lipinski definition) is 5. The number of rotatable bonds is 22. The van der Waals surface area contributed by atoms with E-state index < -0.39 is 0 Å². The lowest BCUT2D eigenvalue weighted by Crippen LogP contribution is -2.07. The monoisotopic (exact) mass is 574 g/mol. The number of carbonyl (C=O) groups excluding carboxylic acids is 3. The standard InChI is InChI=1S/C37H50O5/c1-3-5-7-9-11-13-15-23-36(39)41-34-21-17-19-31(29-34)25-27-33(38)28-26-32-20-18-22-35(30-32)42-37(40)24-16-14-12-10-8-6-4-2/h17-22,25-30H,3-16,23-24H2,1-2H3/b27-25+,28-26+. The second-order valence-corrected chi connectivity index (χ2v) is 10.9. The van der Waals surface area contributed by atoms with E-state index in [0.29, 0.717) is 24.3 Å². The molecule has 0 heterocycles. The average Bonchev–Trinajstić information content (AvgIpc) is 2.98. The molecule has 0 saturated heterocycles. The van der Waals surface area contributed by atoms with Gasteiger partial charge in [-0.2, -0.15) is 0 Å². The lowest BCUT2D eigenvalue weighted by atomic mass is 10.1. The summed E-state index contributed by atoms with van der Waals surface area (Å²) in [5, 5.41) is 0. The molecule has 0 bridgehead atoms. The van der Waals surface area contributed by atoms with E-state index in [4.69, 9.17) is 9.47 Å². The molecule has 0 amide bonds. The number of ketones is 1. The van der Waals surface area contributed by atoms with Crippen molar-refractivity contribution in [2.45, 2.75) is 117 Å². The molecule has 0 saturated carbocycles. The van der Waals surface area contributed by atoms with Gasteiger partial charge < -0.3 is 9.47 Å². The summed E-state index contributed by atoms with van der Waals surface area (Å²) in [5.74, 6) is 0.319. The molecule has 0 spiro atoms. The molecule has 2 aromatic carbocycles. The zero-order chi connectivity index (χ0) is 30.3. The van der Waals surface area contributed by atoms with Gasteiger partial charge in [-0.3, -0.25) is 14.4 Å². The molecular formula is C37H50O5. The number of allylic oxidation sites excluding steroid dienone is 2. The minimum absolute atomic E-state index is 0.183. The molecule has 0 radical (unpaired) electrons. The highest BCUT2D eigenvalue weighted by atomic mass is 16.5. The summed E-state index contributed by atoms with van der Waals surface area (Å²) in [4.78, 5) is 36.8. The fourth-order valence-electron chi connectivity index (χ4n) is 4.59. The van der Waals surface area contributed by atoms with Crippen molar-refractivity contribution in [1.29, 1.82) is 0 Å². The van der Waals surface area contributed by atoms with Gasteiger partial charge in [0.15, 0.2) is 5.78 Å².